The second-order valence-corrected chi connectivity index (χ2v) is 13.9. The minimum atomic E-state index is 0. The van der Waals surface area contributed by atoms with Crippen molar-refractivity contribution in [3.63, 3.8) is 0 Å². The van der Waals surface area contributed by atoms with Crippen LogP contribution in [0.5, 0.6) is 0 Å². The molecule has 0 aromatic carbocycles. The lowest BCUT2D eigenvalue weighted by molar-refractivity contribution is -0.719. The number of pyridine rings is 2. The van der Waals surface area contributed by atoms with Crippen LogP contribution in [-0.2, 0) is 0 Å². The van der Waals surface area contributed by atoms with E-state index in [1.54, 1.807) is 0 Å². The van der Waals surface area contributed by atoms with E-state index >= 15 is 0 Å². The number of nitrogens with zero attached hydrogens (tertiary/aromatic N) is 2. The van der Waals surface area contributed by atoms with E-state index in [1.807, 2.05) is 0 Å². The number of unbranched alkanes of at least 4 members (excludes halogenated alkanes) is 14. The van der Waals surface area contributed by atoms with Gasteiger partial charge in [0.05, 0.1) is 11.5 Å². The molecule has 2 unspecified atom stereocenters. The summed E-state index contributed by atoms with van der Waals surface area (Å²) in [5.41, 5.74) is 0. The van der Waals surface area contributed by atoms with Crippen LogP contribution < -0.4 is 43.1 Å². The van der Waals surface area contributed by atoms with Crippen molar-refractivity contribution in [2.75, 3.05) is 23.0 Å². The van der Waals surface area contributed by atoms with Crippen molar-refractivity contribution < 1.29 is 43.1 Å². The van der Waals surface area contributed by atoms with Gasteiger partial charge in [0.2, 0.25) is 0 Å². The Balaban J connectivity index is 0.00000840. The third kappa shape index (κ3) is 21.6. The molecule has 0 bridgehead atoms. The molecule has 0 aliphatic heterocycles. The van der Waals surface area contributed by atoms with Crippen molar-refractivity contribution in [3.05, 3.63) is 61.2 Å². The standard InChI is InChI=1S/C36H62N2S2.2BrH/c1-3-5-7-9-11-13-15-19-25-35(37-27-21-17-22-28-37)33-39-31-32-40-34-36(38-29-23-18-24-30-38)26-20-16-14-12-10-8-6-4-2;;/h17-18,21-24,27-30,35-36H,3-16,19-20,25-26,31-34H2,1-2H3;2*1H/q+2;;/p-2. The Morgan fingerprint density at radius 1 is 0.429 bits per heavy atom. The highest BCUT2D eigenvalue weighted by Crippen LogP contribution is 2.21. The number of thioether (sulfide) groups is 2. The highest BCUT2D eigenvalue weighted by atomic mass is 79.9. The van der Waals surface area contributed by atoms with Gasteiger partial charge in [0, 0.05) is 48.6 Å². The van der Waals surface area contributed by atoms with E-state index in [1.165, 1.54) is 139 Å². The number of aromatic nitrogens is 2. The zero-order valence-corrected chi connectivity index (χ0v) is 31.8. The molecule has 0 fully saturated rings. The lowest BCUT2D eigenvalue weighted by atomic mass is 10.1. The quantitative estimate of drug-likeness (QED) is 0.0978. The van der Waals surface area contributed by atoms with Gasteiger partial charge in [-0.25, -0.2) is 9.13 Å². The smallest absolute Gasteiger partial charge is 0.169 e. The molecule has 2 atom stereocenters. The third-order valence-corrected chi connectivity index (χ3v) is 10.6. The van der Waals surface area contributed by atoms with Gasteiger partial charge in [0.25, 0.3) is 0 Å². The molecule has 2 heterocycles. The molecule has 0 radical (unpaired) electrons. The molecule has 0 spiro atoms. The summed E-state index contributed by atoms with van der Waals surface area (Å²) in [5.74, 6) is 4.99. The molecule has 0 N–H and O–H groups in total. The fourth-order valence-electron chi connectivity index (χ4n) is 5.53. The van der Waals surface area contributed by atoms with Gasteiger partial charge in [0.15, 0.2) is 36.9 Å². The Morgan fingerprint density at radius 3 is 1.07 bits per heavy atom. The van der Waals surface area contributed by atoms with Gasteiger partial charge in [-0.2, -0.15) is 23.5 Å². The summed E-state index contributed by atoms with van der Waals surface area (Å²) in [6.45, 7) is 4.61. The van der Waals surface area contributed by atoms with Crippen LogP contribution in [0, 0.1) is 0 Å². The van der Waals surface area contributed by atoms with E-state index in [9.17, 15) is 0 Å². The molecule has 2 aromatic heterocycles. The number of hydrogen-bond donors (Lipinski definition) is 0. The zero-order chi connectivity index (χ0) is 28.4. The Hall–Kier alpha value is -0.0400. The van der Waals surface area contributed by atoms with Crippen molar-refractivity contribution in [1.82, 2.24) is 0 Å². The van der Waals surface area contributed by atoms with E-state index < -0.39 is 0 Å². The molecular formula is C36H62Br2N2S2. The van der Waals surface area contributed by atoms with Crippen LogP contribution in [0.1, 0.15) is 142 Å². The maximum atomic E-state index is 2.47. The molecular weight excluding hydrogens is 684 g/mol. The first-order valence-electron chi connectivity index (χ1n) is 16.9. The Labute approximate surface area is 290 Å². The molecule has 0 saturated heterocycles. The normalized spacial score (nSPS) is 12.3. The van der Waals surface area contributed by atoms with Crippen molar-refractivity contribution in [1.29, 1.82) is 0 Å². The molecule has 42 heavy (non-hydrogen) atoms. The van der Waals surface area contributed by atoms with Crippen LogP contribution in [-0.4, -0.2) is 23.0 Å². The van der Waals surface area contributed by atoms with Gasteiger partial charge in [-0.05, 0) is 12.8 Å². The molecule has 0 aliphatic carbocycles. The minimum Gasteiger partial charge on any atom is -1.00 e. The molecule has 0 aliphatic rings. The first-order valence-corrected chi connectivity index (χ1v) is 19.2. The first-order chi connectivity index (χ1) is 19.8. The van der Waals surface area contributed by atoms with Crippen LogP contribution in [0.3, 0.4) is 0 Å². The predicted octanol–water partition coefficient (Wildman–Crippen LogP) is 4.58. The van der Waals surface area contributed by atoms with Gasteiger partial charge in [-0.1, -0.05) is 116 Å². The highest BCUT2D eigenvalue weighted by molar-refractivity contribution is 8.02. The maximum absolute atomic E-state index is 2.47. The van der Waals surface area contributed by atoms with Gasteiger partial charge in [-0.3, -0.25) is 0 Å². The van der Waals surface area contributed by atoms with Gasteiger partial charge in [-0.15, -0.1) is 0 Å². The molecule has 2 rings (SSSR count). The average Bonchev–Trinajstić information content (AvgIpc) is 3.00. The molecule has 0 saturated carbocycles. The molecule has 6 heteroatoms. The predicted molar refractivity (Wildman–Crippen MR) is 180 cm³/mol. The summed E-state index contributed by atoms with van der Waals surface area (Å²) >= 11 is 4.33. The largest absolute Gasteiger partial charge is 1.00 e. The fourth-order valence-corrected chi connectivity index (χ4v) is 8.03. The third-order valence-electron chi connectivity index (χ3n) is 8.09. The van der Waals surface area contributed by atoms with Crippen LogP contribution >= 0.6 is 23.5 Å². The number of halogens is 2. The monoisotopic (exact) mass is 744 g/mol. The number of hydrogen-bond acceptors (Lipinski definition) is 2. The Morgan fingerprint density at radius 2 is 0.738 bits per heavy atom. The SMILES string of the molecule is CCCCCCCCCCC(CSCCSCC(CCCCCCCCCC)[n+]1ccccc1)[n+]1ccccc1.[Br-].[Br-]. The second-order valence-electron chi connectivity index (χ2n) is 11.6. The van der Waals surface area contributed by atoms with E-state index in [0.717, 1.165) is 0 Å². The Kier molecular flexibility index (Phi) is 30.9. The Bertz CT molecular complexity index is 730. The highest BCUT2D eigenvalue weighted by Gasteiger charge is 2.19. The summed E-state index contributed by atoms with van der Waals surface area (Å²) in [4.78, 5) is 0. The lowest BCUT2D eigenvalue weighted by Crippen LogP contribution is -3.00. The summed E-state index contributed by atoms with van der Waals surface area (Å²) in [6, 6.07) is 14.3. The molecule has 242 valence electrons. The lowest BCUT2D eigenvalue weighted by Gasteiger charge is -2.14. The van der Waals surface area contributed by atoms with Gasteiger partial charge >= 0.3 is 0 Å². The van der Waals surface area contributed by atoms with Gasteiger partial charge in [0.1, 0.15) is 0 Å². The van der Waals surface area contributed by atoms with E-state index in [4.69, 9.17) is 0 Å². The van der Waals surface area contributed by atoms with Crippen molar-refractivity contribution >= 4 is 23.5 Å². The topological polar surface area (TPSA) is 7.76 Å². The number of rotatable bonds is 27. The fraction of sp³-hybridized carbons (Fsp3) is 0.722. The van der Waals surface area contributed by atoms with Crippen molar-refractivity contribution in [3.8, 4) is 0 Å². The van der Waals surface area contributed by atoms with Crippen molar-refractivity contribution in [2.45, 2.75) is 142 Å². The summed E-state index contributed by atoms with van der Waals surface area (Å²) in [6.07, 6.45) is 34.2. The van der Waals surface area contributed by atoms with E-state index in [-0.39, 0.29) is 34.0 Å². The van der Waals surface area contributed by atoms with Crippen LogP contribution in [0.25, 0.3) is 0 Å². The summed E-state index contributed by atoms with van der Waals surface area (Å²) in [5, 5.41) is 0. The molecule has 0 amide bonds. The van der Waals surface area contributed by atoms with Crippen LogP contribution in [0.2, 0.25) is 0 Å². The molecule has 2 nitrogen and oxygen atoms in total. The van der Waals surface area contributed by atoms with Crippen LogP contribution in [0.15, 0.2) is 61.2 Å². The van der Waals surface area contributed by atoms with Gasteiger partial charge < -0.3 is 34.0 Å². The van der Waals surface area contributed by atoms with Crippen molar-refractivity contribution in [2.24, 2.45) is 0 Å². The zero-order valence-electron chi connectivity index (χ0n) is 27.0. The summed E-state index contributed by atoms with van der Waals surface area (Å²) in [7, 11) is 0. The van der Waals surface area contributed by atoms with E-state index in [0.29, 0.717) is 12.1 Å². The molecule has 2 aromatic rings. The van der Waals surface area contributed by atoms with Crippen LogP contribution in [0.4, 0.5) is 0 Å². The minimum absolute atomic E-state index is 0. The summed E-state index contributed by atoms with van der Waals surface area (Å²) < 4.78 is 4.93. The second kappa shape index (κ2) is 31.0. The first kappa shape index (κ1) is 42.0. The average molecular weight is 747 g/mol. The van der Waals surface area contributed by atoms with E-state index in [2.05, 4.69) is 108 Å². The maximum Gasteiger partial charge on any atom is 0.169 e.